The lowest BCUT2D eigenvalue weighted by Crippen LogP contribution is -2.40. The molecular formula is C8H19ClN2O2S. The molecule has 1 aliphatic heterocycles. The summed E-state index contributed by atoms with van der Waals surface area (Å²) in [5.74, 6) is 0.741. The first-order valence-electron chi connectivity index (χ1n) is 4.74. The van der Waals surface area contributed by atoms with E-state index in [2.05, 4.69) is 6.92 Å². The topological polar surface area (TPSA) is 63.4 Å². The van der Waals surface area contributed by atoms with Crippen molar-refractivity contribution in [2.24, 2.45) is 11.7 Å². The zero-order valence-electron chi connectivity index (χ0n) is 8.48. The molecule has 0 bridgehead atoms. The van der Waals surface area contributed by atoms with Gasteiger partial charge in [-0.15, -0.1) is 12.4 Å². The Bertz CT molecular complexity index is 248. The Morgan fingerprint density at radius 2 is 1.86 bits per heavy atom. The van der Waals surface area contributed by atoms with E-state index in [9.17, 15) is 8.42 Å². The molecular weight excluding hydrogens is 224 g/mol. The molecule has 1 heterocycles. The van der Waals surface area contributed by atoms with Gasteiger partial charge in [0.05, 0.1) is 5.75 Å². The first-order valence-corrected chi connectivity index (χ1v) is 6.35. The van der Waals surface area contributed by atoms with Crippen molar-refractivity contribution >= 4 is 22.4 Å². The van der Waals surface area contributed by atoms with Gasteiger partial charge in [-0.05, 0) is 18.8 Å². The zero-order chi connectivity index (χ0) is 9.90. The Kier molecular flexibility index (Phi) is 5.97. The lowest BCUT2D eigenvalue weighted by molar-refractivity contribution is 0.288. The molecule has 0 amide bonds. The van der Waals surface area contributed by atoms with Gasteiger partial charge < -0.3 is 5.73 Å². The summed E-state index contributed by atoms with van der Waals surface area (Å²) in [6.45, 7) is 3.72. The van der Waals surface area contributed by atoms with Gasteiger partial charge in [-0.1, -0.05) is 6.92 Å². The molecule has 2 N–H and O–H groups in total. The molecule has 1 rings (SSSR count). The number of rotatable bonds is 3. The molecule has 0 aromatic heterocycles. The highest BCUT2D eigenvalue weighted by molar-refractivity contribution is 7.89. The van der Waals surface area contributed by atoms with Gasteiger partial charge in [0.1, 0.15) is 0 Å². The Hall–Kier alpha value is 0.160. The van der Waals surface area contributed by atoms with Gasteiger partial charge >= 0.3 is 0 Å². The largest absolute Gasteiger partial charge is 0.329 e. The van der Waals surface area contributed by atoms with Crippen LogP contribution in [0, 0.1) is 5.92 Å². The minimum atomic E-state index is -3.05. The molecule has 0 saturated carbocycles. The molecule has 0 spiro atoms. The molecule has 0 aliphatic carbocycles. The summed E-state index contributed by atoms with van der Waals surface area (Å²) in [6, 6.07) is 0. The summed E-state index contributed by atoms with van der Waals surface area (Å²) in [5, 5.41) is 0. The Balaban J connectivity index is 0.00000169. The average molecular weight is 243 g/mol. The fraction of sp³-hybridized carbons (Fsp3) is 1.00. The molecule has 14 heavy (non-hydrogen) atoms. The van der Waals surface area contributed by atoms with Gasteiger partial charge in [0, 0.05) is 19.6 Å². The van der Waals surface area contributed by atoms with Crippen LogP contribution in [0.2, 0.25) is 0 Å². The number of sulfonamides is 1. The van der Waals surface area contributed by atoms with Crippen LogP contribution in [0.5, 0.6) is 0 Å². The molecule has 6 heteroatoms. The van der Waals surface area contributed by atoms with Crippen LogP contribution in [-0.2, 0) is 10.0 Å². The van der Waals surface area contributed by atoms with Gasteiger partial charge in [-0.2, -0.15) is 0 Å². The van der Waals surface area contributed by atoms with Crippen LogP contribution in [-0.4, -0.2) is 38.1 Å². The number of nitrogens with two attached hydrogens (primary N) is 1. The van der Waals surface area contributed by atoms with Crippen LogP contribution >= 0.6 is 12.4 Å². The van der Waals surface area contributed by atoms with Crippen LogP contribution in [0.25, 0.3) is 0 Å². The van der Waals surface area contributed by atoms with E-state index in [1.165, 1.54) is 0 Å². The second-order valence-corrected chi connectivity index (χ2v) is 5.77. The molecule has 0 aromatic carbocycles. The van der Waals surface area contributed by atoms with Crippen molar-refractivity contribution in [1.82, 2.24) is 4.31 Å². The van der Waals surface area contributed by atoms with Crippen molar-refractivity contribution in [3.8, 4) is 0 Å². The maximum absolute atomic E-state index is 11.5. The van der Waals surface area contributed by atoms with Crippen LogP contribution in [0.4, 0.5) is 0 Å². The highest BCUT2D eigenvalue weighted by Gasteiger charge is 2.25. The average Bonchev–Trinajstić information content (AvgIpc) is 2.05. The SMILES string of the molecule is CC1CCN(S(=O)(=O)CCN)CC1.Cl. The quantitative estimate of drug-likeness (QED) is 0.781. The van der Waals surface area contributed by atoms with Crippen LogP contribution in [0.15, 0.2) is 0 Å². The van der Waals surface area contributed by atoms with Crippen LogP contribution in [0.3, 0.4) is 0 Å². The second kappa shape index (κ2) is 5.90. The number of nitrogens with zero attached hydrogens (tertiary/aromatic N) is 1. The third-order valence-electron chi connectivity index (χ3n) is 2.51. The molecule has 0 atom stereocenters. The van der Waals surface area contributed by atoms with Gasteiger partial charge in [-0.3, -0.25) is 0 Å². The fourth-order valence-electron chi connectivity index (χ4n) is 1.54. The predicted molar refractivity (Wildman–Crippen MR) is 60.1 cm³/mol. The van der Waals surface area contributed by atoms with Gasteiger partial charge in [0.2, 0.25) is 10.0 Å². The zero-order valence-corrected chi connectivity index (χ0v) is 10.1. The van der Waals surface area contributed by atoms with E-state index in [4.69, 9.17) is 5.73 Å². The summed E-state index contributed by atoms with van der Waals surface area (Å²) in [5.41, 5.74) is 5.24. The van der Waals surface area contributed by atoms with E-state index in [1.54, 1.807) is 4.31 Å². The highest BCUT2D eigenvalue weighted by Crippen LogP contribution is 2.18. The Labute approximate surface area is 92.3 Å². The molecule has 0 unspecified atom stereocenters. The van der Waals surface area contributed by atoms with E-state index >= 15 is 0 Å². The summed E-state index contributed by atoms with van der Waals surface area (Å²) in [4.78, 5) is 0. The predicted octanol–water partition coefficient (Wildman–Crippen LogP) is 0.429. The molecule has 86 valence electrons. The first-order chi connectivity index (χ1) is 6.06. The number of piperidine rings is 1. The van der Waals surface area contributed by atoms with Crippen molar-refractivity contribution in [1.29, 1.82) is 0 Å². The second-order valence-electron chi connectivity index (χ2n) is 3.69. The number of hydrogen-bond acceptors (Lipinski definition) is 3. The summed E-state index contributed by atoms with van der Waals surface area (Å²) >= 11 is 0. The maximum Gasteiger partial charge on any atom is 0.215 e. The Morgan fingerprint density at radius 3 is 2.29 bits per heavy atom. The van der Waals surface area contributed by atoms with E-state index in [0.717, 1.165) is 12.8 Å². The van der Waals surface area contributed by atoms with Crippen molar-refractivity contribution in [2.75, 3.05) is 25.4 Å². The minimum absolute atomic E-state index is 0. The van der Waals surface area contributed by atoms with Crippen molar-refractivity contribution < 1.29 is 8.42 Å². The smallest absolute Gasteiger partial charge is 0.215 e. The van der Waals surface area contributed by atoms with Crippen LogP contribution < -0.4 is 5.73 Å². The summed E-state index contributed by atoms with van der Waals surface area (Å²) in [6.07, 6.45) is 1.95. The third kappa shape index (κ3) is 3.73. The fourth-order valence-corrected chi connectivity index (χ4v) is 2.86. The molecule has 1 saturated heterocycles. The molecule has 0 radical (unpaired) electrons. The number of halogens is 1. The van der Waals surface area contributed by atoms with Crippen LogP contribution in [0.1, 0.15) is 19.8 Å². The van der Waals surface area contributed by atoms with E-state index in [-0.39, 0.29) is 24.7 Å². The van der Waals surface area contributed by atoms with E-state index in [1.807, 2.05) is 0 Å². The molecule has 1 aliphatic rings. The molecule has 1 fully saturated rings. The van der Waals surface area contributed by atoms with E-state index in [0.29, 0.717) is 19.0 Å². The van der Waals surface area contributed by atoms with Gasteiger partial charge in [0.15, 0.2) is 0 Å². The lowest BCUT2D eigenvalue weighted by atomic mass is 10.0. The maximum atomic E-state index is 11.5. The first kappa shape index (κ1) is 14.2. The van der Waals surface area contributed by atoms with Gasteiger partial charge in [-0.25, -0.2) is 12.7 Å². The number of hydrogen-bond donors (Lipinski definition) is 1. The Morgan fingerprint density at radius 1 is 1.36 bits per heavy atom. The molecule has 4 nitrogen and oxygen atoms in total. The summed E-state index contributed by atoms with van der Waals surface area (Å²) in [7, 11) is -3.05. The highest BCUT2D eigenvalue weighted by atomic mass is 35.5. The van der Waals surface area contributed by atoms with Crippen molar-refractivity contribution in [3.63, 3.8) is 0 Å². The van der Waals surface area contributed by atoms with Gasteiger partial charge in [0.25, 0.3) is 0 Å². The monoisotopic (exact) mass is 242 g/mol. The minimum Gasteiger partial charge on any atom is -0.329 e. The van der Waals surface area contributed by atoms with E-state index < -0.39 is 10.0 Å². The molecule has 0 aromatic rings. The standard InChI is InChI=1S/C8H18N2O2S.ClH/c1-8-2-5-10(6-3-8)13(11,12)7-4-9;/h8H,2-7,9H2,1H3;1H. The normalized spacial score (nSPS) is 20.4. The third-order valence-corrected chi connectivity index (χ3v) is 4.42. The summed E-state index contributed by atoms with van der Waals surface area (Å²) < 4.78 is 24.6. The van der Waals surface area contributed by atoms with Crippen molar-refractivity contribution in [2.45, 2.75) is 19.8 Å². The lowest BCUT2D eigenvalue weighted by Gasteiger charge is -2.29. The van der Waals surface area contributed by atoms with Crippen molar-refractivity contribution in [3.05, 3.63) is 0 Å².